The molecular weight excluding hydrogens is 206 g/mol. The van der Waals surface area contributed by atoms with Crippen LogP contribution in [0.1, 0.15) is 32.6 Å². The van der Waals surface area contributed by atoms with Crippen molar-refractivity contribution in [3.63, 3.8) is 0 Å². The molecule has 1 rings (SSSR count). The van der Waals surface area contributed by atoms with E-state index in [-0.39, 0.29) is 0 Å². The summed E-state index contributed by atoms with van der Waals surface area (Å²) in [5, 5.41) is 13.3. The third-order valence-corrected chi connectivity index (χ3v) is 3.02. The number of hydrogen-bond donors (Lipinski definition) is 2. The van der Waals surface area contributed by atoms with E-state index in [1.165, 1.54) is 6.42 Å². The standard InChI is InChI=1S/C12H25NO3/c1-12(14,10-13-7-9-15-2)6-5-11-4-3-8-16-11/h11,13-14H,3-10H2,1-2H3. The summed E-state index contributed by atoms with van der Waals surface area (Å²) in [5.41, 5.74) is -0.639. The van der Waals surface area contributed by atoms with Crippen LogP contribution in [0, 0.1) is 0 Å². The summed E-state index contributed by atoms with van der Waals surface area (Å²) in [4.78, 5) is 0. The Morgan fingerprint density at radius 3 is 3.00 bits per heavy atom. The van der Waals surface area contributed by atoms with Crippen LogP contribution in [0.3, 0.4) is 0 Å². The minimum absolute atomic E-state index is 0.366. The summed E-state index contributed by atoms with van der Waals surface area (Å²) in [6.07, 6.45) is 4.42. The van der Waals surface area contributed by atoms with Gasteiger partial charge in [0.15, 0.2) is 0 Å². The first-order chi connectivity index (χ1) is 7.64. The quantitative estimate of drug-likeness (QED) is 0.610. The number of nitrogens with one attached hydrogen (secondary N) is 1. The van der Waals surface area contributed by atoms with Crippen molar-refractivity contribution < 1.29 is 14.6 Å². The topological polar surface area (TPSA) is 50.7 Å². The van der Waals surface area contributed by atoms with Crippen LogP contribution in [0.5, 0.6) is 0 Å². The third kappa shape index (κ3) is 5.80. The van der Waals surface area contributed by atoms with Gasteiger partial charge in [-0.3, -0.25) is 0 Å². The first-order valence-electron chi connectivity index (χ1n) is 6.18. The van der Waals surface area contributed by atoms with Crippen LogP contribution in [-0.4, -0.2) is 50.2 Å². The highest BCUT2D eigenvalue weighted by Crippen LogP contribution is 2.21. The number of aliphatic hydroxyl groups is 1. The van der Waals surface area contributed by atoms with Crippen LogP contribution in [0.25, 0.3) is 0 Å². The molecule has 0 amide bonds. The lowest BCUT2D eigenvalue weighted by molar-refractivity contribution is 0.0245. The van der Waals surface area contributed by atoms with Crippen molar-refractivity contribution in [1.29, 1.82) is 0 Å². The number of methoxy groups -OCH3 is 1. The van der Waals surface area contributed by atoms with Crippen LogP contribution in [0.2, 0.25) is 0 Å². The van der Waals surface area contributed by atoms with Crippen LogP contribution in [0.15, 0.2) is 0 Å². The van der Waals surface area contributed by atoms with E-state index in [4.69, 9.17) is 9.47 Å². The van der Waals surface area contributed by atoms with Crippen molar-refractivity contribution in [3.05, 3.63) is 0 Å². The van der Waals surface area contributed by atoms with Gasteiger partial charge in [-0.25, -0.2) is 0 Å². The van der Waals surface area contributed by atoms with E-state index in [1.54, 1.807) is 7.11 Å². The Bertz CT molecular complexity index is 179. The molecule has 1 heterocycles. The average Bonchev–Trinajstić information content (AvgIpc) is 2.75. The molecule has 0 aromatic rings. The molecule has 2 N–H and O–H groups in total. The summed E-state index contributed by atoms with van der Waals surface area (Å²) in [7, 11) is 1.68. The Hall–Kier alpha value is -0.160. The van der Waals surface area contributed by atoms with Crippen molar-refractivity contribution in [2.75, 3.05) is 33.4 Å². The number of rotatable bonds is 8. The van der Waals surface area contributed by atoms with E-state index in [2.05, 4.69) is 5.32 Å². The lowest BCUT2D eigenvalue weighted by atomic mass is 9.97. The Balaban J connectivity index is 2.07. The van der Waals surface area contributed by atoms with Crippen molar-refractivity contribution >= 4 is 0 Å². The normalized spacial score (nSPS) is 24.6. The zero-order valence-electron chi connectivity index (χ0n) is 10.5. The maximum atomic E-state index is 10.1. The molecule has 0 aliphatic carbocycles. The maximum Gasteiger partial charge on any atom is 0.0744 e. The first kappa shape index (κ1) is 13.9. The summed E-state index contributed by atoms with van der Waals surface area (Å²) >= 11 is 0. The van der Waals surface area contributed by atoms with Gasteiger partial charge >= 0.3 is 0 Å². The Morgan fingerprint density at radius 1 is 1.56 bits per heavy atom. The van der Waals surface area contributed by atoms with Gasteiger partial charge in [0.2, 0.25) is 0 Å². The van der Waals surface area contributed by atoms with Gasteiger partial charge < -0.3 is 19.9 Å². The van der Waals surface area contributed by atoms with Crippen molar-refractivity contribution in [3.8, 4) is 0 Å². The van der Waals surface area contributed by atoms with E-state index >= 15 is 0 Å². The van der Waals surface area contributed by atoms with Gasteiger partial charge in [0.05, 0.1) is 18.3 Å². The van der Waals surface area contributed by atoms with E-state index in [9.17, 15) is 5.11 Å². The van der Waals surface area contributed by atoms with E-state index < -0.39 is 5.60 Å². The third-order valence-electron chi connectivity index (χ3n) is 3.02. The molecule has 0 saturated carbocycles. The highest BCUT2D eigenvalue weighted by Gasteiger charge is 2.23. The van der Waals surface area contributed by atoms with Crippen LogP contribution in [0.4, 0.5) is 0 Å². The fourth-order valence-corrected chi connectivity index (χ4v) is 1.96. The largest absolute Gasteiger partial charge is 0.389 e. The zero-order valence-corrected chi connectivity index (χ0v) is 10.5. The molecule has 16 heavy (non-hydrogen) atoms. The highest BCUT2D eigenvalue weighted by molar-refractivity contribution is 4.78. The van der Waals surface area contributed by atoms with E-state index in [1.807, 2.05) is 6.92 Å². The fourth-order valence-electron chi connectivity index (χ4n) is 1.96. The molecule has 0 aromatic carbocycles. The molecule has 0 spiro atoms. The van der Waals surface area contributed by atoms with Crippen LogP contribution < -0.4 is 5.32 Å². The second-order valence-electron chi connectivity index (χ2n) is 4.84. The molecule has 2 unspecified atom stereocenters. The van der Waals surface area contributed by atoms with Crippen LogP contribution >= 0.6 is 0 Å². The summed E-state index contributed by atoms with van der Waals surface area (Å²) in [6, 6.07) is 0. The maximum absolute atomic E-state index is 10.1. The smallest absolute Gasteiger partial charge is 0.0744 e. The molecule has 2 atom stereocenters. The summed E-state index contributed by atoms with van der Waals surface area (Å²) in [5.74, 6) is 0. The molecule has 1 fully saturated rings. The minimum atomic E-state index is -0.639. The predicted molar refractivity (Wildman–Crippen MR) is 63.6 cm³/mol. The molecule has 1 aliphatic rings. The Kier molecular flexibility index (Phi) is 6.28. The van der Waals surface area contributed by atoms with Gasteiger partial charge in [0.1, 0.15) is 0 Å². The van der Waals surface area contributed by atoms with Crippen molar-refractivity contribution in [2.24, 2.45) is 0 Å². The second-order valence-corrected chi connectivity index (χ2v) is 4.84. The molecule has 0 bridgehead atoms. The molecule has 4 heteroatoms. The lowest BCUT2D eigenvalue weighted by Crippen LogP contribution is -2.39. The lowest BCUT2D eigenvalue weighted by Gasteiger charge is -2.25. The zero-order chi connectivity index (χ0) is 11.9. The molecule has 0 radical (unpaired) electrons. The first-order valence-corrected chi connectivity index (χ1v) is 6.18. The molecule has 0 aromatic heterocycles. The van der Waals surface area contributed by atoms with Gasteiger partial charge in [-0.15, -0.1) is 0 Å². The average molecular weight is 231 g/mol. The molecule has 1 aliphatic heterocycles. The minimum Gasteiger partial charge on any atom is -0.389 e. The van der Waals surface area contributed by atoms with Crippen LogP contribution in [-0.2, 0) is 9.47 Å². The van der Waals surface area contributed by atoms with Crippen molar-refractivity contribution in [1.82, 2.24) is 5.32 Å². The summed E-state index contributed by atoms with van der Waals surface area (Å²) < 4.78 is 10.5. The molecule has 1 saturated heterocycles. The number of hydrogen-bond acceptors (Lipinski definition) is 4. The highest BCUT2D eigenvalue weighted by atomic mass is 16.5. The van der Waals surface area contributed by atoms with Gasteiger partial charge in [0, 0.05) is 26.8 Å². The molecular formula is C12H25NO3. The predicted octanol–water partition coefficient (Wildman–Crippen LogP) is 0.933. The van der Waals surface area contributed by atoms with Gasteiger partial charge in [0.25, 0.3) is 0 Å². The number of ether oxygens (including phenoxy) is 2. The fraction of sp³-hybridized carbons (Fsp3) is 1.00. The van der Waals surface area contributed by atoms with E-state index in [0.29, 0.717) is 19.3 Å². The Labute approximate surface area is 98.3 Å². The van der Waals surface area contributed by atoms with Gasteiger partial charge in [-0.2, -0.15) is 0 Å². The van der Waals surface area contributed by atoms with Crippen molar-refractivity contribution in [2.45, 2.75) is 44.3 Å². The molecule has 4 nitrogen and oxygen atoms in total. The second kappa shape index (κ2) is 7.22. The van der Waals surface area contributed by atoms with Gasteiger partial charge in [-0.1, -0.05) is 0 Å². The van der Waals surface area contributed by atoms with Gasteiger partial charge in [-0.05, 0) is 32.6 Å². The molecule has 96 valence electrons. The van der Waals surface area contributed by atoms with E-state index in [0.717, 1.165) is 32.4 Å². The SMILES string of the molecule is COCCNCC(C)(O)CCC1CCCO1. The summed E-state index contributed by atoms with van der Waals surface area (Å²) in [6.45, 7) is 4.85. The Morgan fingerprint density at radius 2 is 2.38 bits per heavy atom. The monoisotopic (exact) mass is 231 g/mol.